The van der Waals surface area contributed by atoms with E-state index in [1.54, 1.807) is 43.1 Å². The van der Waals surface area contributed by atoms with Crippen molar-refractivity contribution >= 4 is 23.7 Å². The van der Waals surface area contributed by atoms with Crippen molar-refractivity contribution in [3.63, 3.8) is 0 Å². The number of aliphatic imine (C=N–C) groups is 1. The number of nitrogens with zero attached hydrogens (tertiary/aromatic N) is 3. The topological polar surface area (TPSA) is 105 Å². The molecule has 0 fully saturated rings. The lowest BCUT2D eigenvalue weighted by atomic mass is 9.81. The van der Waals surface area contributed by atoms with Crippen LogP contribution in [0.15, 0.2) is 71.7 Å². The van der Waals surface area contributed by atoms with Gasteiger partial charge in [-0.15, -0.1) is 0 Å². The number of rotatable bonds is 4. The van der Waals surface area contributed by atoms with Crippen LogP contribution in [0.3, 0.4) is 0 Å². The maximum absolute atomic E-state index is 13.8. The molecule has 2 N–H and O–H groups in total. The molecule has 0 aliphatic carbocycles. The van der Waals surface area contributed by atoms with Crippen LogP contribution in [0, 0.1) is 0 Å². The number of para-hydroxylation sites is 1. The molecule has 2 aliphatic rings. The molecule has 2 heterocycles. The van der Waals surface area contributed by atoms with Gasteiger partial charge in [0.25, 0.3) is 5.91 Å². The Morgan fingerprint density at radius 1 is 1.00 bits per heavy atom. The molecular formula is C28H26N4O4. The number of ether oxygens (including phenoxy) is 1. The molecule has 0 saturated heterocycles. The van der Waals surface area contributed by atoms with Crippen molar-refractivity contribution in [1.82, 2.24) is 9.80 Å². The number of nitrogens with two attached hydrogens (primary N) is 1. The fourth-order valence-electron chi connectivity index (χ4n) is 5.00. The smallest absolute Gasteiger partial charge is 0.308 e. The molecule has 8 nitrogen and oxygen atoms in total. The van der Waals surface area contributed by atoms with Gasteiger partial charge in [-0.1, -0.05) is 54.6 Å². The van der Waals surface area contributed by atoms with E-state index in [4.69, 9.17) is 10.5 Å². The number of fused-ring (bicyclic) bond motifs is 1. The van der Waals surface area contributed by atoms with Crippen molar-refractivity contribution < 1.29 is 19.1 Å². The number of hydrogen-bond donors (Lipinski definition) is 1. The molecule has 0 radical (unpaired) electrons. The third-order valence-corrected chi connectivity index (χ3v) is 6.79. The zero-order valence-corrected chi connectivity index (χ0v) is 20.3. The number of esters is 1. The molecule has 182 valence electrons. The molecular weight excluding hydrogens is 456 g/mol. The first-order valence-electron chi connectivity index (χ1n) is 11.6. The maximum Gasteiger partial charge on any atom is 0.308 e. The maximum atomic E-state index is 13.8. The van der Waals surface area contributed by atoms with Gasteiger partial charge in [0, 0.05) is 39.5 Å². The molecule has 3 aromatic carbocycles. The van der Waals surface area contributed by atoms with Crippen LogP contribution in [-0.4, -0.2) is 40.6 Å². The molecule has 1 atom stereocenters. The van der Waals surface area contributed by atoms with Crippen molar-refractivity contribution in [1.29, 1.82) is 0 Å². The van der Waals surface area contributed by atoms with Gasteiger partial charge < -0.3 is 15.4 Å². The molecule has 36 heavy (non-hydrogen) atoms. The van der Waals surface area contributed by atoms with E-state index in [1.165, 1.54) is 11.8 Å². The van der Waals surface area contributed by atoms with Gasteiger partial charge in [0.1, 0.15) is 5.75 Å². The first kappa shape index (κ1) is 23.3. The van der Waals surface area contributed by atoms with E-state index in [2.05, 4.69) is 4.99 Å². The molecule has 2 aliphatic heterocycles. The Labute approximate surface area is 209 Å². The van der Waals surface area contributed by atoms with E-state index >= 15 is 0 Å². The van der Waals surface area contributed by atoms with Crippen LogP contribution >= 0.6 is 0 Å². The van der Waals surface area contributed by atoms with Crippen LogP contribution in [0.4, 0.5) is 0 Å². The largest absolute Gasteiger partial charge is 0.426 e. The molecule has 0 aromatic heterocycles. The summed E-state index contributed by atoms with van der Waals surface area (Å²) in [5, 5.41) is 0. The zero-order chi connectivity index (χ0) is 25.6. The minimum atomic E-state index is -1.52. The van der Waals surface area contributed by atoms with Gasteiger partial charge >= 0.3 is 5.97 Å². The molecule has 5 rings (SSSR count). The first-order chi connectivity index (χ1) is 17.2. The van der Waals surface area contributed by atoms with Gasteiger partial charge in [-0.2, -0.15) is 0 Å². The second-order valence-electron chi connectivity index (χ2n) is 9.03. The number of carbonyl (C=O) groups is 3. The third-order valence-electron chi connectivity index (χ3n) is 6.79. The van der Waals surface area contributed by atoms with Crippen LogP contribution in [0.25, 0.3) is 11.1 Å². The molecule has 0 saturated carbocycles. The fourth-order valence-corrected chi connectivity index (χ4v) is 5.00. The van der Waals surface area contributed by atoms with Crippen molar-refractivity contribution in [2.75, 3.05) is 7.05 Å². The van der Waals surface area contributed by atoms with E-state index in [0.717, 1.165) is 22.3 Å². The number of guanidine groups is 1. The van der Waals surface area contributed by atoms with Crippen LogP contribution in [-0.2, 0) is 33.0 Å². The highest BCUT2D eigenvalue weighted by Gasteiger charge is 2.51. The van der Waals surface area contributed by atoms with Gasteiger partial charge in [0.2, 0.25) is 5.91 Å². The van der Waals surface area contributed by atoms with Crippen LogP contribution in [0.5, 0.6) is 5.75 Å². The van der Waals surface area contributed by atoms with Gasteiger partial charge in [-0.05, 0) is 39.9 Å². The number of likely N-dealkylation sites (N-methyl/N-ethyl adjacent to an activating group) is 1. The van der Waals surface area contributed by atoms with Crippen molar-refractivity contribution in [2.45, 2.75) is 32.5 Å². The average Bonchev–Trinajstić information content (AvgIpc) is 3.40. The minimum absolute atomic E-state index is 0.0244. The number of hydrogen-bond acceptors (Lipinski definition) is 6. The van der Waals surface area contributed by atoms with Gasteiger partial charge in [0.15, 0.2) is 11.5 Å². The Morgan fingerprint density at radius 2 is 1.75 bits per heavy atom. The number of amides is 2. The van der Waals surface area contributed by atoms with E-state index in [9.17, 15) is 14.4 Å². The summed E-state index contributed by atoms with van der Waals surface area (Å²) in [5.74, 6) is -0.514. The standard InChI is InChI=1S/C28H26N4O4/c1-17(33)32-15-20-9-7-11-22(23(20)16-32)19-8-6-10-21(14-19)28(26(35)31(3)27(29)30-28)24-12-4-5-13-25(24)36-18(2)34/h4-14H,15-16H2,1-3H3,(H2,29,30). The molecule has 1 unspecified atom stereocenters. The normalized spacial score (nSPS) is 18.8. The fraction of sp³-hybridized carbons (Fsp3) is 0.214. The molecule has 8 heteroatoms. The Morgan fingerprint density at radius 3 is 2.44 bits per heavy atom. The lowest BCUT2D eigenvalue weighted by Crippen LogP contribution is -2.41. The predicted octanol–water partition coefficient (Wildman–Crippen LogP) is 3.17. The van der Waals surface area contributed by atoms with E-state index < -0.39 is 11.5 Å². The Balaban J connectivity index is 1.69. The van der Waals surface area contributed by atoms with E-state index in [-0.39, 0.29) is 23.5 Å². The van der Waals surface area contributed by atoms with Gasteiger partial charge in [-0.25, -0.2) is 4.99 Å². The van der Waals surface area contributed by atoms with Crippen LogP contribution in [0.2, 0.25) is 0 Å². The van der Waals surface area contributed by atoms with Gasteiger partial charge in [0.05, 0.1) is 0 Å². The predicted molar refractivity (Wildman–Crippen MR) is 135 cm³/mol. The van der Waals surface area contributed by atoms with E-state index in [1.807, 2.05) is 42.5 Å². The summed E-state index contributed by atoms with van der Waals surface area (Å²) in [7, 11) is 1.57. The van der Waals surface area contributed by atoms with Crippen molar-refractivity contribution in [2.24, 2.45) is 10.7 Å². The SMILES string of the molecule is CC(=O)Oc1ccccc1C1(c2cccc(-c3cccc4c3CN(C(C)=O)C4)c2)N=C(N)N(C)C1=O. The second kappa shape index (κ2) is 8.64. The highest BCUT2D eigenvalue weighted by Crippen LogP contribution is 2.44. The summed E-state index contributed by atoms with van der Waals surface area (Å²) in [6.07, 6.45) is 0. The quantitative estimate of drug-likeness (QED) is 0.454. The molecule has 2 amide bonds. The summed E-state index contributed by atoms with van der Waals surface area (Å²) in [6.45, 7) is 3.98. The summed E-state index contributed by atoms with van der Waals surface area (Å²) in [5.41, 5.74) is 9.69. The van der Waals surface area contributed by atoms with Crippen LogP contribution < -0.4 is 10.5 Å². The van der Waals surface area contributed by atoms with E-state index in [0.29, 0.717) is 24.2 Å². The summed E-state index contributed by atoms with van der Waals surface area (Å²) in [6, 6.07) is 20.5. The summed E-state index contributed by atoms with van der Waals surface area (Å²) >= 11 is 0. The van der Waals surface area contributed by atoms with Crippen molar-refractivity contribution in [3.8, 4) is 16.9 Å². The Bertz CT molecular complexity index is 1450. The highest BCUT2D eigenvalue weighted by molar-refractivity contribution is 6.09. The third kappa shape index (κ3) is 3.62. The Hall–Kier alpha value is -4.46. The second-order valence-corrected chi connectivity index (χ2v) is 9.03. The first-order valence-corrected chi connectivity index (χ1v) is 11.6. The zero-order valence-electron chi connectivity index (χ0n) is 20.3. The van der Waals surface area contributed by atoms with Crippen molar-refractivity contribution in [3.05, 3.63) is 89.0 Å². The summed E-state index contributed by atoms with van der Waals surface area (Å²) in [4.78, 5) is 45.4. The minimum Gasteiger partial charge on any atom is -0.426 e. The summed E-state index contributed by atoms with van der Waals surface area (Å²) < 4.78 is 5.48. The monoisotopic (exact) mass is 482 g/mol. The number of carbonyl (C=O) groups excluding carboxylic acids is 3. The van der Waals surface area contributed by atoms with Gasteiger partial charge in [-0.3, -0.25) is 19.3 Å². The Kier molecular flexibility index (Phi) is 5.59. The molecule has 3 aromatic rings. The highest BCUT2D eigenvalue weighted by atomic mass is 16.5. The van der Waals surface area contributed by atoms with Crippen LogP contribution in [0.1, 0.15) is 36.1 Å². The number of benzene rings is 3. The lowest BCUT2D eigenvalue weighted by Gasteiger charge is -2.28. The lowest BCUT2D eigenvalue weighted by molar-refractivity contribution is -0.133. The molecule has 0 spiro atoms. The average molecular weight is 483 g/mol. The molecule has 0 bridgehead atoms.